The van der Waals surface area contributed by atoms with Crippen molar-refractivity contribution in [1.82, 2.24) is 15.0 Å². The lowest BCUT2D eigenvalue weighted by Gasteiger charge is -2.24. The number of carbonyl (C=O) groups excluding carboxylic acids is 1. The highest BCUT2D eigenvalue weighted by molar-refractivity contribution is 7.08. The second kappa shape index (κ2) is 7.60. The highest BCUT2D eigenvalue weighted by Gasteiger charge is 2.30. The summed E-state index contributed by atoms with van der Waals surface area (Å²) in [5.41, 5.74) is 2.35. The van der Waals surface area contributed by atoms with Crippen LogP contribution in [-0.4, -0.2) is 27.5 Å². The number of amides is 1. The number of hydrogen-bond donors (Lipinski definition) is 0. The van der Waals surface area contributed by atoms with Crippen LogP contribution in [0.25, 0.3) is 11.4 Å². The third-order valence-electron chi connectivity index (χ3n) is 4.95. The lowest BCUT2D eigenvalue weighted by molar-refractivity contribution is -0.132. The number of nitrogens with zero attached hydrogens (tertiary/aromatic N) is 3. The topological polar surface area (TPSA) is 59.2 Å². The summed E-state index contributed by atoms with van der Waals surface area (Å²) in [5.74, 6) is 0.534. The number of halogens is 1. The summed E-state index contributed by atoms with van der Waals surface area (Å²) >= 11 is 1.65. The molecule has 7 heteroatoms. The van der Waals surface area contributed by atoms with Gasteiger partial charge in [0.25, 0.3) is 0 Å². The van der Waals surface area contributed by atoms with Gasteiger partial charge >= 0.3 is 0 Å². The average Bonchev–Trinajstić information content (AvgIpc) is 3.41. The van der Waals surface area contributed by atoms with Gasteiger partial charge in [-0.25, -0.2) is 4.39 Å². The van der Waals surface area contributed by atoms with Gasteiger partial charge in [-0.2, -0.15) is 16.3 Å². The minimum Gasteiger partial charge on any atom is -0.339 e. The van der Waals surface area contributed by atoms with Crippen molar-refractivity contribution in [2.45, 2.75) is 38.6 Å². The van der Waals surface area contributed by atoms with Crippen molar-refractivity contribution in [3.63, 3.8) is 0 Å². The van der Waals surface area contributed by atoms with E-state index < -0.39 is 0 Å². The molecule has 0 aliphatic carbocycles. The van der Waals surface area contributed by atoms with Crippen molar-refractivity contribution in [3.05, 3.63) is 57.9 Å². The summed E-state index contributed by atoms with van der Waals surface area (Å²) in [6.07, 6.45) is 2.74. The highest BCUT2D eigenvalue weighted by Crippen LogP contribution is 2.33. The summed E-state index contributed by atoms with van der Waals surface area (Å²) in [4.78, 5) is 18.9. The van der Waals surface area contributed by atoms with Gasteiger partial charge in [0.1, 0.15) is 5.82 Å². The Hall–Kier alpha value is -2.54. The van der Waals surface area contributed by atoms with Crippen molar-refractivity contribution >= 4 is 17.2 Å². The van der Waals surface area contributed by atoms with Gasteiger partial charge in [0, 0.05) is 24.9 Å². The number of likely N-dealkylation sites (tertiary alicyclic amines) is 1. The van der Waals surface area contributed by atoms with Crippen LogP contribution in [0.5, 0.6) is 0 Å². The molecule has 27 heavy (non-hydrogen) atoms. The van der Waals surface area contributed by atoms with Gasteiger partial charge < -0.3 is 9.42 Å². The summed E-state index contributed by atoms with van der Waals surface area (Å²) in [6, 6.07) is 7.10. The molecule has 1 aliphatic rings. The Morgan fingerprint density at radius 1 is 1.41 bits per heavy atom. The Labute approximate surface area is 160 Å². The van der Waals surface area contributed by atoms with E-state index in [0.29, 0.717) is 35.7 Å². The van der Waals surface area contributed by atoms with Gasteiger partial charge in [-0.1, -0.05) is 17.3 Å². The first kappa shape index (κ1) is 17.9. The molecule has 2 aromatic heterocycles. The third kappa shape index (κ3) is 3.78. The molecule has 1 amide bonds. The van der Waals surface area contributed by atoms with Crippen molar-refractivity contribution in [3.8, 4) is 11.4 Å². The van der Waals surface area contributed by atoms with Crippen LogP contribution < -0.4 is 0 Å². The van der Waals surface area contributed by atoms with E-state index in [4.69, 9.17) is 4.52 Å². The summed E-state index contributed by atoms with van der Waals surface area (Å²) in [5, 5.41) is 8.07. The Bertz CT molecular complexity index is 939. The van der Waals surface area contributed by atoms with Gasteiger partial charge in [-0.15, -0.1) is 0 Å². The summed E-state index contributed by atoms with van der Waals surface area (Å²) < 4.78 is 19.0. The minimum absolute atomic E-state index is 0.102. The second-order valence-corrected chi connectivity index (χ2v) is 7.56. The zero-order valence-corrected chi connectivity index (χ0v) is 15.8. The molecule has 0 saturated carbocycles. The van der Waals surface area contributed by atoms with Crippen LogP contribution in [0, 0.1) is 12.7 Å². The molecule has 1 aromatic carbocycles. The molecule has 1 atom stereocenters. The number of carbonyl (C=O) groups is 1. The molecule has 3 aromatic rings. The third-order valence-corrected chi connectivity index (χ3v) is 5.65. The molecule has 1 saturated heterocycles. The largest absolute Gasteiger partial charge is 0.339 e. The maximum absolute atomic E-state index is 13.7. The number of rotatable bonds is 5. The van der Waals surface area contributed by atoms with Crippen LogP contribution in [0.1, 0.15) is 42.3 Å². The fourth-order valence-electron chi connectivity index (χ4n) is 3.44. The summed E-state index contributed by atoms with van der Waals surface area (Å²) in [7, 11) is 0. The number of aryl methyl sites for hydroxylation is 2. The SMILES string of the molecule is Cc1ccc(-c2noc(CCC(=O)N3CCCC3c3ccsc3)n2)cc1F. The van der Waals surface area contributed by atoms with E-state index in [1.54, 1.807) is 30.4 Å². The van der Waals surface area contributed by atoms with E-state index in [0.717, 1.165) is 19.4 Å². The smallest absolute Gasteiger partial charge is 0.227 e. The first-order chi connectivity index (χ1) is 13.1. The van der Waals surface area contributed by atoms with Crippen molar-refractivity contribution in [1.29, 1.82) is 0 Å². The molecule has 0 spiro atoms. The molecule has 140 valence electrons. The molecule has 1 fully saturated rings. The standard InChI is InChI=1S/C20H20FN3O2S/c1-13-4-5-14(11-16(13)21)20-22-18(26-23-20)6-7-19(25)24-9-2-3-17(24)15-8-10-27-12-15/h4-5,8,10-12,17H,2-3,6-7,9H2,1H3. The van der Waals surface area contributed by atoms with Crippen LogP contribution in [-0.2, 0) is 11.2 Å². The predicted octanol–water partition coefficient (Wildman–Crippen LogP) is 4.54. The van der Waals surface area contributed by atoms with Crippen LogP contribution in [0.4, 0.5) is 4.39 Å². The Kier molecular flexibility index (Phi) is 5.03. The molecule has 0 N–H and O–H groups in total. The normalized spacial score (nSPS) is 16.8. The molecular weight excluding hydrogens is 365 g/mol. The van der Waals surface area contributed by atoms with E-state index in [2.05, 4.69) is 21.6 Å². The number of hydrogen-bond acceptors (Lipinski definition) is 5. The van der Waals surface area contributed by atoms with E-state index in [-0.39, 0.29) is 17.8 Å². The molecule has 0 bridgehead atoms. The number of aromatic nitrogens is 2. The monoisotopic (exact) mass is 385 g/mol. The fraction of sp³-hybridized carbons (Fsp3) is 0.350. The molecule has 5 nitrogen and oxygen atoms in total. The van der Waals surface area contributed by atoms with E-state index in [9.17, 15) is 9.18 Å². The van der Waals surface area contributed by atoms with Crippen molar-refractivity contribution in [2.24, 2.45) is 0 Å². The Morgan fingerprint density at radius 3 is 3.07 bits per heavy atom. The van der Waals surface area contributed by atoms with Gasteiger partial charge in [0.05, 0.1) is 6.04 Å². The first-order valence-corrected chi connectivity index (χ1v) is 9.97. The number of thiophene rings is 1. The maximum atomic E-state index is 13.7. The summed E-state index contributed by atoms with van der Waals surface area (Å²) in [6.45, 7) is 2.49. The minimum atomic E-state index is -0.303. The average molecular weight is 385 g/mol. The lowest BCUT2D eigenvalue weighted by atomic mass is 10.1. The highest BCUT2D eigenvalue weighted by atomic mass is 32.1. The quantitative estimate of drug-likeness (QED) is 0.647. The zero-order chi connectivity index (χ0) is 18.8. The van der Waals surface area contributed by atoms with E-state index in [1.807, 2.05) is 10.3 Å². The maximum Gasteiger partial charge on any atom is 0.227 e. The van der Waals surface area contributed by atoms with Crippen LogP contribution in [0.2, 0.25) is 0 Å². The van der Waals surface area contributed by atoms with Crippen LogP contribution in [0.15, 0.2) is 39.5 Å². The molecule has 1 aliphatic heterocycles. The van der Waals surface area contributed by atoms with Gasteiger partial charge in [-0.3, -0.25) is 4.79 Å². The second-order valence-electron chi connectivity index (χ2n) is 6.78. The predicted molar refractivity (Wildman–Crippen MR) is 101 cm³/mol. The molecule has 4 rings (SSSR count). The Morgan fingerprint density at radius 2 is 2.30 bits per heavy atom. The molecular formula is C20H20FN3O2S. The molecule has 1 unspecified atom stereocenters. The lowest BCUT2D eigenvalue weighted by Crippen LogP contribution is -2.30. The zero-order valence-electron chi connectivity index (χ0n) is 15.0. The van der Waals surface area contributed by atoms with Crippen molar-refractivity contribution < 1.29 is 13.7 Å². The van der Waals surface area contributed by atoms with Gasteiger partial charge in [-0.05, 0) is 53.8 Å². The van der Waals surface area contributed by atoms with E-state index >= 15 is 0 Å². The van der Waals surface area contributed by atoms with E-state index in [1.165, 1.54) is 11.6 Å². The first-order valence-electron chi connectivity index (χ1n) is 9.02. The number of benzene rings is 1. The van der Waals surface area contributed by atoms with Gasteiger partial charge in [0.15, 0.2) is 0 Å². The van der Waals surface area contributed by atoms with Crippen LogP contribution in [0.3, 0.4) is 0 Å². The molecule has 3 heterocycles. The van der Waals surface area contributed by atoms with Gasteiger partial charge in [0.2, 0.25) is 17.6 Å². The Balaban J connectivity index is 1.39. The van der Waals surface area contributed by atoms with Crippen LogP contribution >= 0.6 is 11.3 Å². The fourth-order valence-corrected chi connectivity index (χ4v) is 4.15. The van der Waals surface area contributed by atoms with Crippen molar-refractivity contribution in [2.75, 3.05) is 6.54 Å². The molecule has 0 radical (unpaired) electrons.